The van der Waals surface area contributed by atoms with Crippen molar-refractivity contribution in [3.8, 4) is 0 Å². The molecule has 1 fully saturated rings. The van der Waals surface area contributed by atoms with Gasteiger partial charge in [0.05, 0.1) is 11.8 Å². The molecule has 7 nitrogen and oxygen atoms in total. The summed E-state index contributed by atoms with van der Waals surface area (Å²) < 4.78 is 1.31. The van der Waals surface area contributed by atoms with Crippen LogP contribution in [0.15, 0.2) is 17.2 Å². The summed E-state index contributed by atoms with van der Waals surface area (Å²) in [6.45, 7) is 4.23. The Labute approximate surface area is 109 Å². The first-order chi connectivity index (χ1) is 9.13. The molecule has 3 heterocycles. The molecule has 2 unspecified atom stereocenters. The maximum absolute atomic E-state index is 11.8. The van der Waals surface area contributed by atoms with Gasteiger partial charge in [-0.05, 0) is 25.8 Å². The lowest BCUT2D eigenvalue weighted by atomic mass is 10.0. The van der Waals surface area contributed by atoms with Crippen LogP contribution in [0.25, 0.3) is 5.78 Å². The van der Waals surface area contributed by atoms with Crippen molar-refractivity contribution in [3.63, 3.8) is 0 Å². The Morgan fingerprint density at radius 2 is 2.47 bits per heavy atom. The zero-order valence-corrected chi connectivity index (χ0v) is 10.8. The molecule has 2 aromatic heterocycles. The van der Waals surface area contributed by atoms with Gasteiger partial charge in [-0.2, -0.15) is 4.52 Å². The second kappa shape index (κ2) is 4.75. The van der Waals surface area contributed by atoms with Crippen molar-refractivity contribution in [1.82, 2.24) is 24.5 Å². The van der Waals surface area contributed by atoms with Crippen molar-refractivity contribution in [2.24, 2.45) is 5.92 Å². The smallest absolute Gasteiger partial charge is 0.274 e. The van der Waals surface area contributed by atoms with E-state index in [2.05, 4.69) is 20.0 Å². The van der Waals surface area contributed by atoms with E-state index in [9.17, 15) is 9.90 Å². The Bertz CT molecular complexity index is 632. The van der Waals surface area contributed by atoms with E-state index in [1.54, 1.807) is 0 Å². The standard InChI is InChI=1S/C12H17N5O2/c1-8(18)9-2-3-16(5-9)6-10-4-11(19)17-12(15-10)13-7-14-17/h4,7-9,18H,2-3,5-6H2,1H3,(H,13,14,15). The summed E-state index contributed by atoms with van der Waals surface area (Å²) in [5, 5.41) is 12.3. The summed E-state index contributed by atoms with van der Waals surface area (Å²) in [6.07, 6.45) is 2.16. The van der Waals surface area contributed by atoms with E-state index in [4.69, 9.17) is 0 Å². The molecule has 2 atom stereocenters. The Kier molecular flexibility index (Phi) is 3.08. The normalized spacial score (nSPS) is 22.1. The van der Waals surface area contributed by atoms with Crippen LogP contribution < -0.4 is 5.56 Å². The first-order valence-corrected chi connectivity index (χ1v) is 6.46. The van der Waals surface area contributed by atoms with Crippen molar-refractivity contribution in [3.05, 3.63) is 28.4 Å². The van der Waals surface area contributed by atoms with Crippen molar-refractivity contribution in [2.45, 2.75) is 26.0 Å². The average molecular weight is 263 g/mol. The molecule has 0 bridgehead atoms. The molecule has 0 radical (unpaired) electrons. The third-order valence-electron chi connectivity index (χ3n) is 3.70. The first-order valence-electron chi connectivity index (χ1n) is 6.46. The number of nitrogens with one attached hydrogen (secondary N) is 1. The summed E-state index contributed by atoms with van der Waals surface area (Å²) in [5.41, 5.74) is 0.576. The molecular weight excluding hydrogens is 246 g/mol. The number of fused-ring (bicyclic) bond motifs is 1. The third-order valence-corrected chi connectivity index (χ3v) is 3.70. The number of aromatic nitrogens is 4. The SMILES string of the molecule is CC(O)C1CCN(Cc2cc(=O)n3[nH]cnc3n2)C1. The number of aromatic amines is 1. The zero-order chi connectivity index (χ0) is 13.4. The molecular formula is C12H17N5O2. The molecule has 3 rings (SSSR count). The van der Waals surface area contributed by atoms with E-state index >= 15 is 0 Å². The fraction of sp³-hybridized carbons (Fsp3) is 0.583. The highest BCUT2D eigenvalue weighted by Crippen LogP contribution is 2.20. The molecule has 1 aliphatic heterocycles. The summed E-state index contributed by atoms with van der Waals surface area (Å²) >= 11 is 0. The Morgan fingerprint density at radius 3 is 3.21 bits per heavy atom. The quantitative estimate of drug-likeness (QED) is 0.788. The summed E-state index contributed by atoms with van der Waals surface area (Å²) in [4.78, 5) is 22.4. The van der Waals surface area contributed by atoms with Gasteiger partial charge in [-0.3, -0.25) is 14.8 Å². The number of aliphatic hydroxyl groups excluding tert-OH is 1. The number of H-pyrrole nitrogens is 1. The second-order valence-corrected chi connectivity index (χ2v) is 5.13. The summed E-state index contributed by atoms with van der Waals surface area (Å²) in [6, 6.07) is 1.53. The van der Waals surface area contributed by atoms with Crippen LogP contribution in [0.4, 0.5) is 0 Å². The molecule has 7 heteroatoms. The molecule has 2 N–H and O–H groups in total. The highest BCUT2D eigenvalue weighted by molar-refractivity contribution is 5.25. The van der Waals surface area contributed by atoms with E-state index in [0.29, 0.717) is 18.2 Å². The van der Waals surface area contributed by atoms with Crippen LogP contribution in [0, 0.1) is 5.92 Å². The number of hydrogen-bond donors (Lipinski definition) is 2. The fourth-order valence-corrected chi connectivity index (χ4v) is 2.58. The van der Waals surface area contributed by atoms with E-state index in [1.165, 1.54) is 16.9 Å². The van der Waals surface area contributed by atoms with Crippen molar-refractivity contribution in [1.29, 1.82) is 0 Å². The minimum Gasteiger partial charge on any atom is -0.393 e. The molecule has 2 aromatic rings. The monoisotopic (exact) mass is 263 g/mol. The molecule has 0 spiro atoms. The number of nitrogens with zero attached hydrogens (tertiary/aromatic N) is 4. The molecule has 0 aromatic carbocycles. The predicted octanol–water partition coefficient (Wildman–Crippen LogP) is -0.380. The largest absolute Gasteiger partial charge is 0.393 e. The van der Waals surface area contributed by atoms with Gasteiger partial charge in [0.15, 0.2) is 0 Å². The molecule has 0 saturated carbocycles. The maximum atomic E-state index is 11.8. The molecule has 0 aliphatic carbocycles. The van der Waals surface area contributed by atoms with Gasteiger partial charge in [0.25, 0.3) is 11.3 Å². The number of aliphatic hydroxyl groups is 1. The minimum atomic E-state index is -0.280. The van der Waals surface area contributed by atoms with Crippen LogP contribution in [-0.2, 0) is 6.54 Å². The van der Waals surface area contributed by atoms with Gasteiger partial charge >= 0.3 is 0 Å². The van der Waals surface area contributed by atoms with Crippen molar-refractivity contribution < 1.29 is 5.11 Å². The summed E-state index contributed by atoms with van der Waals surface area (Å²) in [5.74, 6) is 0.712. The Hall–Kier alpha value is -1.73. The van der Waals surface area contributed by atoms with E-state index < -0.39 is 0 Å². The van der Waals surface area contributed by atoms with Gasteiger partial charge in [-0.1, -0.05) is 0 Å². The highest BCUT2D eigenvalue weighted by Gasteiger charge is 2.26. The van der Waals surface area contributed by atoms with Crippen LogP contribution in [0.5, 0.6) is 0 Å². The Balaban J connectivity index is 1.77. The molecule has 0 amide bonds. The van der Waals surface area contributed by atoms with Crippen molar-refractivity contribution >= 4 is 5.78 Å². The lowest BCUT2D eigenvalue weighted by Crippen LogP contribution is -2.25. The fourth-order valence-electron chi connectivity index (χ4n) is 2.58. The summed E-state index contributed by atoms with van der Waals surface area (Å²) in [7, 11) is 0. The lowest BCUT2D eigenvalue weighted by molar-refractivity contribution is 0.127. The minimum absolute atomic E-state index is 0.149. The van der Waals surface area contributed by atoms with Crippen LogP contribution >= 0.6 is 0 Å². The first kappa shape index (κ1) is 12.3. The molecule has 1 saturated heterocycles. The topological polar surface area (TPSA) is 86.5 Å². The number of rotatable bonds is 3. The molecule has 19 heavy (non-hydrogen) atoms. The van der Waals surface area contributed by atoms with Crippen molar-refractivity contribution in [2.75, 3.05) is 13.1 Å². The molecule has 102 valence electrons. The third kappa shape index (κ3) is 2.39. The maximum Gasteiger partial charge on any atom is 0.274 e. The van der Waals surface area contributed by atoms with Gasteiger partial charge in [0.1, 0.15) is 6.33 Å². The van der Waals surface area contributed by atoms with Gasteiger partial charge in [-0.25, -0.2) is 9.97 Å². The Morgan fingerprint density at radius 1 is 1.63 bits per heavy atom. The van der Waals surface area contributed by atoms with Gasteiger partial charge < -0.3 is 5.11 Å². The average Bonchev–Trinajstić information content (AvgIpc) is 2.97. The van der Waals surface area contributed by atoms with Crippen LogP contribution in [0.1, 0.15) is 19.0 Å². The second-order valence-electron chi connectivity index (χ2n) is 5.13. The van der Waals surface area contributed by atoms with Gasteiger partial charge in [0.2, 0.25) is 0 Å². The van der Waals surface area contributed by atoms with E-state index in [0.717, 1.165) is 25.2 Å². The predicted molar refractivity (Wildman–Crippen MR) is 68.7 cm³/mol. The van der Waals surface area contributed by atoms with Gasteiger partial charge in [-0.15, -0.1) is 0 Å². The van der Waals surface area contributed by atoms with Crippen LogP contribution in [-0.4, -0.2) is 48.8 Å². The van der Waals surface area contributed by atoms with Crippen LogP contribution in [0.3, 0.4) is 0 Å². The number of likely N-dealkylation sites (tertiary alicyclic amines) is 1. The van der Waals surface area contributed by atoms with Crippen LogP contribution in [0.2, 0.25) is 0 Å². The lowest BCUT2D eigenvalue weighted by Gasteiger charge is -2.16. The highest BCUT2D eigenvalue weighted by atomic mass is 16.3. The van der Waals surface area contributed by atoms with E-state index in [-0.39, 0.29) is 11.7 Å². The van der Waals surface area contributed by atoms with E-state index in [1.807, 2.05) is 6.92 Å². The number of hydrogen-bond acceptors (Lipinski definition) is 5. The molecule has 1 aliphatic rings. The zero-order valence-electron chi connectivity index (χ0n) is 10.8. The van der Waals surface area contributed by atoms with Gasteiger partial charge in [0, 0.05) is 19.2 Å².